The van der Waals surface area contributed by atoms with Crippen molar-refractivity contribution in [2.45, 2.75) is 46.3 Å². The molecule has 0 aliphatic heterocycles. The normalized spacial score (nSPS) is 12.9. The molecule has 0 bridgehead atoms. The molecule has 0 aliphatic carbocycles. The predicted molar refractivity (Wildman–Crippen MR) is 111 cm³/mol. The van der Waals surface area contributed by atoms with Gasteiger partial charge in [0.1, 0.15) is 11.5 Å². The molecule has 2 atom stereocenters. The van der Waals surface area contributed by atoms with Gasteiger partial charge in [-0.2, -0.15) is 0 Å². The highest BCUT2D eigenvalue weighted by atomic mass is 35.5. The highest BCUT2D eigenvalue weighted by molar-refractivity contribution is 6.31. The lowest BCUT2D eigenvalue weighted by molar-refractivity contribution is -0.145. The van der Waals surface area contributed by atoms with E-state index in [0.717, 1.165) is 0 Å². The maximum Gasteiger partial charge on any atom is 0.344 e. The van der Waals surface area contributed by atoms with E-state index in [9.17, 15) is 19.8 Å². The molecule has 0 aromatic heterocycles. The van der Waals surface area contributed by atoms with Gasteiger partial charge in [-0.25, -0.2) is 9.59 Å². The molecular formula is C21H22Cl2O6. The molecule has 156 valence electrons. The van der Waals surface area contributed by atoms with Crippen LogP contribution in [0.2, 0.25) is 10.0 Å². The van der Waals surface area contributed by atoms with Gasteiger partial charge in [-0.1, -0.05) is 23.2 Å². The van der Waals surface area contributed by atoms with Crippen molar-refractivity contribution in [3.05, 3.63) is 56.6 Å². The SMILES string of the molecule is Cc1cc(Cl)cc(Cc2cc(Cl)cc(C)c2OC(C)C(=O)O)c1OC(C)C(=O)O. The van der Waals surface area contributed by atoms with Crippen LogP contribution in [0.1, 0.15) is 36.1 Å². The van der Waals surface area contributed by atoms with Crippen LogP contribution in [0.25, 0.3) is 0 Å². The van der Waals surface area contributed by atoms with Crippen LogP contribution in [0.5, 0.6) is 11.5 Å². The first kappa shape index (κ1) is 22.8. The Hall–Kier alpha value is -2.44. The Balaban J connectivity index is 2.53. The minimum absolute atomic E-state index is 0.256. The Morgan fingerprint density at radius 2 is 1.17 bits per heavy atom. The van der Waals surface area contributed by atoms with Crippen molar-refractivity contribution < 1.29 is 29.3 Å². The number of hydrogen-bond acceptors (Lipinski definition) is 4. The molecule has 2 aromatic carbocycles. The zero-order valence-electron chi connectivity index (χ0n) is 16.5. The van der Waals surface area contributed by atoms with E-state index in [2.05, 4.69) is 0 Å². The van der Waals surface area contributed by atoms with Gasteiger partial charge in [-0.15, -0.1) is 0 Å². The van der Waals surface area contributed by atoms with Gasteiger partial charge in [0.2, 0.25) is 0 Å². The summed E-state index contributed by atoms with van der Waals surface area (Å²) >= 11 is 12.4. The molecule has 0 amide bonds. The summed E-state index contributed by atoms with van der Waals surface area (Å²) in [4.78, 5) is 22.5. The van der Waals surface area contributed by atoms with Gasteiger partial charge in [0.25, 0.3) is 0 Å². The van der Waals surface area contributed by atoms with Gasteiger partial charge in [0.05, 0.1) is 0 Å². The maximum absolute atomic E-state index is 11.2. The molecule has 0 saturated carbocycles. The summed E-state index contributed by atoms with van der Waals surface area (Å²) in [6.45, 7) is 6.42. The van der Waals surface area contributed by atoms with Crippen LogP contribution in [-0.2, 0) is 16.0 Å². The fraction of sp³-hybridized carbons (Fsp3) is 0.333. The van der Waals surface area contributed by atoms with E-state index in [-0.39, 0.29) is 6.42 Å². The van der Waals surface area contributed by atoms with E-state index < -0.39 is 24.1 Å². The minimum atomic E-state index is -1.09. The standard InChI is InChI=1S/C21H22Cl2O6/c1-10-5-16(22)8-14(18(10)28-12(3)20(24)25)7-15-9-17(23)6-11(2)19(15)29-13(4)21(26)27/h5-6,8-9,12-13H,7H2,1-4H3,(H,24,25)(H,26,27). The summed E-state index contributed by atoms with van der Waals surface area (Å²) in [5.41, 5.74) is 2.64. The molecule has 6 nitrogen and oxygen atoms in total. The Morgan fingerprint density at radius 3 is 1.48 bits per heavy atom. The van der Waals surface area contributed by atoms with Crippen molar-refractivity contribution in [3.8, 4) is 11.5 Å². The quantitative estimate of drug-likeness (QED) is 0.605. The summed E-state index contributed by atoms with van der Waals surface area (Å²) < 4.78 is 11.3. The highest BCUT2D eigenvalue weighted by Gasteiger charge is 2.21. The Morgan fingerprint density at radius 1 is 0.828 bits per heavy atom. The zero-order valence-corrected chi connectivity index (χ0v) is 18.0. The largest absolute Gasteiger partial charge is 0.479 e. The molecule has 2 unspecified atom stereocenters. The lowest BCUT2D eigenvalue weighted by Crippen LogP contribution is -2.24. The molecule has 0 fully saturated rings. The predicted octanol–water partition coefficient (Wildman–Crippen LogP) is 4.90. The third kappa shape index (κ3) is 5.78. The van der Waals surface area contributed by atoms with Crippen LogP contribution in [0, 0.1) is 13.8 Å². The van der Waals surface area contributed by atoms with E-state index in [1.165, 1.54) is 13.8 Å². The molecule has 0 heterocycles. The average Bonchev–Trinajstić information content (AvgIpc) is 2.60. The molecule has 2 aromatic rings. The summed E-state index contributed by atoms with van der Waals surface area (Å²) in [5, 5.41) is 19.3. The van der Waals surface area contributed by atoms with Gasteiger partial charge < -0.3 is 19.7 Å². The van der Waals surface area contributed by atoms with E-state index >= 15 is 0 Å². The summed E-state index contributed by atoms with van der Waals surface area (Å²) in [6, 6.07) is 6.72. The highest BCUT2D eigenvalue weighted by Crippen LogP contribution is 2.35. The number of aryl methyl sites for hydroxylation is 2. The summed E-state index contributed by atoms with van der Waals surface area (Å²) in [6.07, 6.45) is -1.86. The van der Waals surface area contributed by atoms with Gasteiger partial charge in [0.15, 0.2) is 12.2 Å². The molecule has 2 rings (SSSR count). The number of carboxylic acids is 2. The minimum Gasteiger partial charge on any atom is -0.479 e. The Labute approximate surface area is 179 Å². The molecule has 8 heteroatoms. The number of aliphatic carboxylic acids is 2. The summed E-state index contributed by atoms with van der Waals surface area (Å²) in [7, 11) is 0. The molecular weight excluding hydrogens is 419 g/mol. The monoisotopic (exact) mass is 440 g/mol. The van der Waals surface area contributed by atoms with Crippen LogP contribution >= 0.6 is 23.2 Å². The fourth-order valence-corrected chi connectivity index (χ4v) is 3.45. The maximum atomic E-state index is 11.2. The third-order valence-electron chi connectivity index (χ3n) is 4.30. The van der Waals surface area contributed by atoms with Crippen LogP contribution in [0.3, 0.4) is 0 Å². The van der Waals surface area contributed by atoms with E-state index in [1.807, 2.05) is 0 Å². The molecule has 0 radical (unpaired) electrons. The number of carbonyl (C=O) groups is 2. The lowest BCUT2D eigenvalue weighted by atomic mass is 9.99. The number of rotatable bonds is 8. The van der Waals surface area contributed by atoms with Crippen molar-refractivity contribution in [1.82, 2.24) is 0 Å². The molecule has 29 heavy (non-hydrogen) atoms. The topological polar surface area (TPSA) is 93.1 Å². The van der Waals surface area contributed by atoms with Crippen molar-refractivity contribution in [3.63, 3.8) is 0 Å². The van der Waals surface area contributed by atoms with Crippen molar-refractivity contribution in [2.75, 3.05) is 0 Å². The van der Waals surface area contributed by atoms with Crippen molar-refractivity contribution >= 4 is 35.1 Å². The lowest BCUT2D eigenvalue weighted by Gasteiger charge is -2.20. The summed E-state index contributed by atoms with van der Waals surface area (Å²) in [5.74, 6) is -1.38. The Bertz CT molecular complexity index is 866. The first-order chi connectivity index (χ1) is 13.5. The van der Waals surface area contributed by atoms with Crippen molar-refractivity contribution in [2.24, 2.45) is 0 Å². The van der Waals surface area contributed by atoms with Crippen LogP contribution in [0.15, 0.2) is 24.3 Å². The molecule has 2 N–H and O–H groups in total. The third-order valence-corrected chi connectivity index (χ3v) is 4.73. The first-order valence-electron chi connectivity index (χ1n) is 8.86. The number of carboxylic acid groups (broad SMARTS) is 2. The van der Waals surface area contributed by atoms with Crippen LogP contribution < -0.4 is 9.47 Å². The van der Waals surface area contributed by atoms with E-state index in [1.54, 1.807) is 38.1 Å². The smallest absolute Gasteiger partial charge is 0.344 e. The molecule has 0 saturated heterocycles. The van der Waals surface area contributed by atoms with Gasteiger partial charge in [-0.3, -0.25) is 0 Å². The zero-order chi connectivity index (χ0) is 21.9. The van der Waals surface area contributed by atoms with Crippen LogP contribution in [-0.4, -0.2) is 34.4 Å². The van der Waals surface area contributed by atoms with Gasteiger partial charge in [0, 0.05) is 27.6 Å². The average molecular weight is 441 g/mol. The number of halogens is 2. The van der Waals surface area contributed by atoms with Crippen LogP contribution in [0.4, 0.5) is 0 Å². The second-order valence-corrected chi connectivity index (χ2v) is 7.67. The Kier molecular flexibility index (Phi) is 7.38. The number of ether oxygens (including phenoxy) is 2. The van der Waals surface area contributed by atoms with E-state index in [4.69, 9.17) is 32.7 Å². The second-order valence-electron chi connectivity index (χ2n) is 6.80. The van der Waals surface area contributed by atoms with Gasteiger partial charge >= 0.3 is 11.9 Å². The molecule has 0 spiro atoms. The van der Waals surface area contributed by atoms with Crippen molar-refractivity contribution in [1.29, 1.82) is 0 Å². The second kappa shape index (κ2) is 9.37. The molecule has 0 aliphatic rings. The number of benzene rings is 2. The van der Waals surface area contributed by atoms with E-state index in [0.29, 0.717) is 43.8 Å². The number of hydrogen-bond donors (Lipinski definition) is 2. The van der Waals surface area contributed by atoms with Gasteiger partial charge in [-0.05, 0) is 63.1 Å². The fourth-order valence-electron chi connectivity index (χ4n) is 2.86. The first-order valence-corrected chi connectivity index (χ1v) is 9.62.